The maximum Gasteiger partial charge on any atom is 0.261 e. The quantitative estimate of drug-likeness (QED) is 0.868. The molecule has 1 aromatic rings. The number of rotatable bonds is 4. The second-order valence-corrected chi connectivity index (χ2v) is 6.47. The van der Waals surface area contributed by atoms with Crippen molar-refractivity contribution in [1.29, 1.82) is 0 Å². The minimum Gasteiger partial charge on any atom is -0.394 e. The highest BCUT2D eigenvalue weighted by Gasteiger charge is 2.21. The number of aliphatic hydroxyl groups excluding tert-OH is 1. The number of thiophene rings is 1. The van der Waals surface area contributed by atoms with Crippen LogP contribution in [0.1, 0.15) is 42.4 Å². The average Bonchev–Trinajstić information content (AvgIpc) is 2.61. The molecule has 0 saturated carbocycles. The molecule has 1 unspecified atom stereocenters. The zero-order chi connectivity index (χ0) is 13.1. The van der Waals surface area contributed by atoms with Crippen LogP contribution in [0.25, 0.3) is 0 Å². The van der Waals surface area contributed by atoms with Gasteiger partial charge in [0, 0.05) is 0 Å². The molecule has 3 nitrogen and oxygen atoms in total. The number of hydrogen-bond acceptors (Lipinski definition) is 3. The molecule has 96 valence electrons. The van der Waals surface area contributed by atoms with Crippen molar-refractivity contribution >= 4 is 17.2 Å². The number of carbonyl (C=O) groups is 1. The minimum absolute atomic E-state index is 0.0204. The fraction of sp³-hybridized carbons (Fsp3) is 0.615. The lowest BCUT2D eigenvalue weighted by molar-refractivity contribution is 0.0901. The summed E-state index contributed by atoms with van der Waals surface area (Å²) in [5, 5.41) is 14.1. The third-order valence-corrected chi connectivity index (χ3v) is 3.50. The van der Waals surface area contributed by atoms with E-state index in [9.17, 15) is 9.90 Å². The van der Waals surface area contributed by atoms with Gasteiger partial charge in [-0.1, -0.05) is 20.8 Å². The van der Waals surface area contributed by atoms with Crippen LogP contribution in [-0.2, 0) is 0 Å². The van der Waals surface area contributed by atoms with Gasteiger partial charge in [0.15, 0.2) is 0 Å². The monoisotopic (exact) mass is 255 g/mol. The molecule has 0 aliphatic carbocycles. The van der Waals surface area contributed by atoms with Crippen molar-refractivity contribution in [2.75, 3.05) is 6.61 Å². The van der Waals surface area contributed by atoms with Gasteiger partial charge in [-0.15, -0.1) is 11.3 Å². The summed E-state index contributed by atoms with van der Waals surface area (Å²) in [5.74, 6) is -0.0826. The Kier molecular flexibility index (Phi) is 4.71. The van der Waals surface area contributed by atoms with Gasteiger partial charge in [-0.05, 0) is 35.8 Å². The molecule has 0 fully saturated rings. The summed E-state index contributed by atoms with van der Waals surface area (Å²) in [7, 11) is 0. The number of amides is 1. The number of aliphatic hydroxyl groups is 1. The van der Waals surface area contributed by atoms with Crippen molar-refractivity contribution in [2.24, 2.45) is 5.41 Å². The van der Waals surface area contributed by atoms with Gasteiger partial charge in [0.25, 0.3) is 5.91 Å². The Labute approximate surface area is 107 Å². The van der Waals surface area contributed by atoms with Crippen LogP contribution in [-0.4, -0.2) is 23.7 Å². The molecular weight excluding hydrogens is 234 g/mol. The van der Waals surface area contributed by atoms with Gasteiger partial charge in [-0.3, -0.25) is 4.79 Å². The molecule has 1 aromatic heterocycles. The van der Waals surface area contributed by atoms with Gasteiger partial charge in [0.2, 0.25) is 0 Å². The predicted octanol–water partition coefficient (Wildman–Crippen LogP) is 2.58. The van der Waals surface area contributed by atoms with Crippen LogP contribution in [0, 0.1) is 12.3 Å². The highest BCUT2D eigenvalue weighted by atomic mass is 32.1. The Morgan fingerprint density at radius 3 is 2.59 bits per heavy atom. The summed E-state index contributed by atoms with van der Waals surface area (Å²) in [6, 6.07) is 1.75. The zero-order valence-electron chi connectivity index (χ0n) is 10.9. The minimum atomic E-state index is -0.177. The summed E-state index contributed by atoms with van der Waals surface area (Å²) in [6.07, 6.45) is 0.764. The van der Waals surface area contributed by atoms with Crippen molar-refractivity contribution in [3.05, 3.63) is 21.9 Å². The number of carbonyl (C=O) groups excluding carboxylic acids is 1. The van der Waals surface area contributed by atoms with E-state index in [1.165, 1.54) is 11.3 Å². The van der Waals surface area contributed by atoms with Crippen molar-refractivity contribution in [3.8, 4) is 0 Å². The number of aryl methyl sites for hydroxylation is 1. The Morgan fingerprint density at radius 2 is 2.18 bits per heavy atom. The number of hydrogen-bond donors (Lipinski definition) is 2. The van der Waals surface area contributed by atoms with Crippen molar-refractivity contribution in [2.45, 2.75) is 40.2 Å². The van der Waals surface area contributed by atoms with Crippen LogP contribution in [0.4, 0.5) is 0 Å². The van der Waals surface area contributed by atoms with E-state index in [1.807, 2.05) is 18.4 Å². The molecule has 0 saturated heterocycles. The predicted molar refractivity (Wildman–Crippen MR) is 71.5 cm³/mol. The molecule has 1 rings (SSSR count). The van der Waals surface area contributed by atoms with Crippen molar-refractivity contribution < 1.29 is 9.90 Å². The molecule has 1 heterocycles. The van der Waals surface area contributed by atoms with Crippen molar-refractivity contribution in [3.63, 3.8) is 0 Å². The third kappa shape index (κ3) is 4.48. The molecule has 0 aliphatic heterocycles. The molecule has 0 bridgehead atoms. The molecule has 0 radical (unpaired) electrons. The summed E-state index contributed by atoms with van der Waals surface area (Å²) >= 11 is 1.43. The van der Waals surface area contributed by atoms with Crippen molar-refractivity contribution in [1.82, 2.24) is 5.32 Å². The lowest BCUT2D eigenvalue weighted by Gasteiger charge is -2.25. The maximum absolute atomic E-state index is 12.0. The Balaban J connectivity index is 2.63. The second kappa shape index (κ2) is 5.65. The lowest BCUT2D eigenvalue weighted by Crippen LogP contribution is -2.39. The largest absolute Gasteiger partial charge is 0.394 e. The first-order valence-corrected chi connectivity index (χ1v) is 6.67. The average molecular weight is 255 g/mol. The van der Waals surface area contributed by atoms with Crippen LogP contribution in [0.3, 0.4) is 0 Å². The molecule has 0 aliphatic rings. The molecule has 2 N–H and O–H groups in total. The zero-order valence-corrected chi connectivity index (χ0v) is 11.7. The van der Waals surface area contributed by atoms with Crippen LogP contribution in [0.5, 0.6) is 0 Å². The topological polar surface area (TPSA) is 49.3 Å². The summed E-state index contributed by atoms with van der Waals surface area (Å²) in [5.41, 5.74) is 1.07. The molecule has 4 heteroatoms. The molecule has 0 spiro atoms. The van der Waals surface area contributed by atoms with E-state index in [0.717, 1.165) is 16.9 Å². The Morgan fingerprint density at radius 1 is 1.53 bits per heavy atom. The molecule has 1 atom stereocenters. The lowest BCUT2D eigenvalue weighted by atomic mass is 9.88. The van der Waals surface area contributed by atoms with E-state index in [4.69, 9.17) is 0 Å². The van der Waals surface area contributed by atoms with E-state index < -0.39 is 0 Å². The van der Waals surface area contributed by atoms with E-state index in [0.29, 0.717) is 0 Å². The Bertz CT molecular complexity index is 379. The van der Waals surface area contributed by atoms with E-state index in [2.05, 4.69) is 26.1 Å². The summed E-state index contributed by atoms with van der Waals surface area (Å²) in [6.45, 7) is 8.19. The first-order valence-electron chi connectivity index (χ1n) is 5.79. The fourth-order valence-corrected chi connectivity index (χ4v) is 2.58. The van der Waals surface area contributed by atoms with Crippen LogP contribution in [0.15, 0.2) is 11.4 Å². The van der Waals surface area contributed by atoms with Gasteiger partial charge >= 0.3 is 0 Å². The molecule has 17 heavy (non-hydrogen) atoms. The van der Waals surface area contributed by atoms with Crippen LogP contribution in [0.2, 0.25) is 0 Å². The smallest absolute Gasteiger partial charge is 0.261 e. The summed E-state index contributed by atoms with van der Waals surface area (Å²) in [4.78, 5) is 12.7. The van der Waals surface area contributed by atoms with E-state index >= 15 is 0 Å². The SMILES string of the molecule is Cc1ccsc1C(=O)NC(CO)CC(C)(C)C. The molecular formula is C13H21NO2S. The van der Waals surface area contributed by atoms with Crippen LogP contribution >= 0.6 is 11.3 Å². The van der Waals surface area contributed by atoms with Gasteiger partial charge in [-0.25, -0.2) is 0 Å². The van der Waals surface area contributed by atoms with Gasteiger partial charge in [0.1, 0.15) is 0 Å². The maximum atomic E-state index is 12.0. The molecule has 1 amide bonds. The highest BCUT2D eigenvalue weighted by Crippen LogP contribution is 2.21. The van der Waals surface area contributed by atoms with Gasteiger partial charge < -0.3 is 10.4 Å². The van der Waals surface area contributed by atoms with E-state index in [-0.39, 0.29) is 24.0 Å². The van der Waals surface area contributed by atoms with Gasteiger partial charge in [-0.2, -0.15) is 0 Å². The standard InChI is InChI=1S/C13H21NO2S/c1-9-5-6-17-11(9)12(16)14-10(8-15)7-13(2,3)4/h5-6,10,15H,7-8H2,1-4H3,(H,14,16). The molecule has 0 aromatic carbocycles. The third-order valence-electron chi connectivity index (χ3n) is 2.48. The first-order chi connectivity index (χ1) is 7.83. The van der Waals surface area contributed by atoms with Gasteiger partial charge in [0.05, 0.1) is 17.5 Å². The van der Waals surface area contributed by atoms with Crippen LogP contribution < -0.4 is 5.32 Å². The fourth-order valence-electron chi connectivity index (χ4n) is 1.76. The highest BCUT2D eigenvalue weighted by molar-refractivity contribution is 7.12. The van der Waals surface area contributed by atoms with E-state index in [1.54, 1.807) is 0 Å². The second-order valence-electron chi connectivity index (χ2n) is 5.55. The Hall–Kier alpha value is -0.870. The number of nitrogens with one attached hydrogen (secondary N) is 1. The first kappa shape index (κ1) is 14.2. The summed E-state index contributed by atoms with van der Waals surface area (Å²) < 4.78 is 0. The normalized spacial score (nSPS) is 13.5.